The van der Waals surface area contributed by atoms with E-state index in [-0.39, 0.29) is 24.0 Å². The first kappa shape index (κ1) is 17.9. The zero-order valence-electron chi connectivity index (χ0n) is 17.1. The lowest BCUT2D eigenvalue weighted by Gasteiger charge is -2.43. The smallest absolute Gasteiger partial charge is 0.206 e. The van der Waals surface area contributed by atoms with Crippen LogP contribution in [0.3, 0.4) is 0 Å². The van der Waals surface area contributed by atoms with Gasteiger partial charge in [0.15, 0.2) is 23.2 Å². The summed E-state index contributed by atoms with van der Waals surface area (Å²) in [5.41, 5.74) is -0.278. The highest BCUT2D eigenvalue weighted by Crippen LogP contribution is 2.69. The van der Waals surface area contributed by atoms with Gasteiger partial charge in [0, 0.05) is 28.5 Å². The summed E-state index contributed by atoms with van der Waals surface area (Å²) >= 11 is 0. The molecule has 1 fully saturated rings. The molecule has 0 amide bonds. The van der Waals surface area contributed by atoms with Gasteiger partial charge in [-0.15, -0.1) is 0 Å². The van der Waals surface area contributed by atoms with E-state index in [4.69, 9.17) is 23.7 Å². The number of hydrogen-bond acceptors (Lipinski definition) is 7. The monoisotopic (exact) mass is 410 g/mol. The van der Waals surface area contributed by atoms with Gasteiger partial charge in [-0.25, -0.2) is 0 Å². The van der Waals surface area contributed by atoms with Crippen LogP contribution < -0.4 is 23.7 Å². The van der Waals surface area contributed by atoms with Crippen molar-refractivity contribution in [1.29, 1.82) is 0 Å². The molecule has 0 bridgehead atoms. The van der Waals surface area contributed by atoms with E-state index in [2.05, 4.69) is 13.8 Å². The SMILES string of the molecule is COc1cc2c(cc1OC)[C@]1(O)C(=O)c3ccc4c(c3O[C@H]1CO2)[C@H]1[C@H](O4)C1(C)C. The number of ether oxygens (including phenoxy) is 5. The summed E-state index contributed by atoms with van der Waals surface area (Å²) in [6.07, 6.45) is -0.783. The average molecular weight is 410 g/mol. The standard InChI is InChI=1S/C23H22O7/c1-22(2)18-17-12(29-21(18)22)6-5-10-19(17)30-16-9-28-13-8-15(27-4)14(26-3)7-11(13)23(16,25)20(10)24/h5-8,16,18,21,25H,9H2,1-4H3/t16-,18-,21-,23+/m0/s1. The van der Waals surface area contributed by atoms with Gasteiger partial charge in [-0.3, -0.25) is 4.79 Å². The Bertz CT molecular complexity index is 1120. The van der Waals surface area contributed by atoms with Gasteiger partial charge < -0.3 is 28.8 Å². The molecular weight excluding hydrogens is 388 g/mol. The number of hydrogen-bond donors (Lipinski definition) is 1. The maximum atomic E-state index is 13.7. The molecule has 4 atom stereocenters. The van der Waals surface area contributed by atoms with Gasteiger partial charge in [0.2, 0.25) is 5.78 Å². The second-order valence-electron chi connectivity index (χ2n) is 8.91. The average Bonchev–Trinajstić information content (AvgIpc) is 3.08. The van der Waals surface area contributed by atoms with E-state index in [9.17, 15) is 9.90 Å². The summed E-state index contributed by atoms with van der Waals surface area (Å²) in [5, 5.41) is 11.7. The number of carbonyl (C=O) groups excluding carboxylic acids is 1. The number of methoxy groups -OCH3 is 2. The number of aliphatic hydroxyl groups is 1. The van der Waals surface area contributed by atoms with Crippen molar-refractivity contribution in [2.45, 2.75) is 37.6 Å². The molecule has 0 unspecified atom stereocenters. The summed E-state index contributed by atoms with van der Waals surface area (Å²) in [7, 11) is 3.02. The van der Waals surface area contributed by atoms with Crippen LogP contribution in [0.1, 0.15) is 41.3 Å². The Kier molecular flexibility index (Phi) is 3.22. The first-order valence-electron chi connectivity index (χ1n) is 9.99. The normalized spacial score (nSPS) is 31.0. The maximum absolute atomic E-state index is 13.7. The number of Topliss-reactive ketones (excluding diaryl/α,β-unsaturated/α-hetero) is 1. The van der Waals surface area contributed by atoms with Crippen LogP contribution in [0, 0.1) is 5.41 Å². The zero-order valence-corrected chi connectivity index (χ0v) is 17.1. The molecule has 1 saturated carbocycles. The molecule has 0 radical (unpaired) electrons. The van der Waals surface area contributed by atoms with Crippen LogP contribution in [-0.4, -0.2) is 43.9 Å². The van der Waals surface area contributed by atoms with Crippen molar-refractivity contribution in [1.82, 2.24) is 0 Å². The fraction of sp³-hybridized carbons (Fsp3) is 0.435. The largest absolute Gasteiger partial charge is 0.493 e. The summed E-state index contributed by atoms with van der Waals surface area (Å²) in [4.78, 5) is 13.7. The van der Waals surface area contributed by atoms with Crippen LogP contribution in [0.4, 0.5) is 0 Å². The fourth-order valence-electron chi connectivity index (χ4n) is 5.23. The number of carbonyl (C=O) groups is 1. The first-order chi connectivity index (χ1) is 14.3. The molecule has 1 aliphatic carbocycles. The minimum atomic E-state index is -1.88. The van der Waals surface area contributed by atoms with Gasteiger partial charge in [-0.05, 0) is 18.2 Å². The van der Waals surface area contributed by atoms with Crippen LogP contribution in [0.25, 0.3) is 0 Å². The highest BCUT2D eigenvalue weighted by Gasteiger charge is 2.67. The van der Waals surface area contributed by atoms with Crippen LogP contribution in [0.5, 0.6) is 28.7 Å². The van der Waals surface area contributed by atoms with Gasteiger partial charge in [0.1, 0.15) is 30.0 Å². The van der Waals surface area contributed by atoms with Gasteiger partial charge in [-0.2, -0.15) is 0 Å². The minimum absolute atomic E-state index is 0.00185. The van der Waals surface area contributed by atoms with E-state index in [0.29, 0.717) is 34.1 Å². The Hall–Kier alpha value is -2.93. The predicted molar refractivity (Wildman–Crippen MR) is 105 cm³/mol. The molecule has 0 spiro atoms. The Balaban J connectivity index is 1.51. The number of fused-ring (bicyclic) bond motifs is 8. The molecule has 156 valence electrons. The van der Waals surface area contributed by atoms with Crippen LogP contribution in [-0.2, 0) is 5.60 Å². The summed E-state index contributed by atoms with van der Waals surface area (Å²) in [6.45, 7) is 4.32. The lowest BCUT2D eigenvalue weighted by molar-refractivity contribution is -0.0803. The third-order valence-electron chi connectivity index (χ3n) is 7.05. The predicted octanol–water partition coefficient (Wildman–Crippen LogP) is 2.81. The molecule has 2 aromatic carbocycles. The Morgan fingerprint density at radius 2 is 1.80 bits per heavy atom. The van der Waals surface area contributed by atoms with E-state index < -0.39 is 17.5 Å². The lowest BCUT2D eigenvalue weighted by atomic mass is 9.76. The first-order valence-corrected chi connectivity index (χ1v) is 9.99. The van der Waals surface area contributed by atoms with Crippen molar-refractivity contribution in [3.63, 3.8) is 0 Å². The maximum Gasteiger partial charge on any atom is 0.206 e. The number of ketones is 1. The van der Waals surface area contributed by atoms with Crippen LogP contribution in [0.2, 0.25) is 0 Å². The number of rotatable bonds is 2. The topological polar surface area (TPSA) is 83.5 Å². The number of benzene rings is 2. The second-order valence-corrected chi connectivity index (χ2v) is 8.91. The van der Waals surface area contributed by atoms with Crippen LogP contribution >= 0.6 is 0 Å². The Morgan fingerprint density at radius 1 is 1.07 bits per heavy atom. The van der Waals surface area contributed by atoms with E-state index in [1.54, 1.807) is 24.3 Å². The molecule has 4 aliphatic rings. The van der Waals surface area contributed by atoms with Gasteiger partial charge >= 0.3 is 0 Å². The van der Waals surface area contributed by atoms with Crippen molar-refractivity contribution in [3.05, 3.63) is 41.0 Å². The summed E-state index contributed by atoms with van der Waals surface area (Å²) < 4.78 is 28.9. The van der Waals surface area contributed by atoms with Crippen molar-refractivity contribution in [2.24, 2.45) is 5.41 Å². The zero-order chi connectivity index (χ0) is 21.0. The minimum Gasteiger partial charge on any atom is -0.493 e. The molecule has 7 heteroatoms. The molecule has 1 N–H and O–H groups in total. The molecule has 0 aromatic heterocycles. The Morgan fingerprint density at radius 3 is 2.53 bits per heavy atom. The van der Waals surface area contributed by atoms with Crippen LogP contribution in [0.15, 0.2) is 24.3 Å². The van der Waals surface area contributed by atoms with E-state index in [1.165, 1.54) is 14.2 Å². The molecular formula is C23H22O7. The van der Waals surface area contributed by atoms with E-state index in [1.807, 2.05) is 0 Å². The van der Waals surface area contributed by atoms with E-state index in [0.717, 1.165) is 11.3 Å². The quantitative estimate of drug-likeness (QED) is 0.815. The molecule has 3 aliphatic heterocycles. The third-order valence-corrected chi connectivity index (χ3v) is 7.05. The van der Waals surface area contributed by atoms with Crippen molar-refractivity contribution in [2.75, 3.05) is 20.8 Å². The summed E-state index contributed by atoms with van der Waals surface area (Å²) in [5.74, 6) is 2.28. The van der Waals surface area contributed by atoms with E-state index >= 15 is 0 Å². The van der Waals surface area contributed by atoms with Gasteiger partial charge in [0.05, 0.1) is 19.8 Å². The van der Waals surface area contributed by atoms with Crippen molar-refractivity contribution >= 4 is 5.78 Å². The molecule has 2 aromatic rings. The fourth-order valence-corrected chi connectivity index (χ4v) is 5.23. The lowest BCUT2D eigenvalue weighted by Crippen LogP contribution is -2.57. The molecule has 0 saturated heterocycles. The third kappa shape index (κ3) is 1.92. The molecule has 6 rings (SSSR count). The molecule has 30 heavy (non-hydrogen) atoms. The summed E-state index contributed by atoms with van der Waals surface area (Å²) in [6, 6.07) is 6.69. The van der Waals surface area contributed by atoms with Gasteiger partial charge in [0.25, 0.3) is 0 Å². The van der Waals surface area contributed by atoms with Crippen molar-refractivity contribution in [3.8, 4) is 28.7 Å². The van der Waals surface area contributed by atoms with Gasteiger partial charge in [-0.1, -0.05) is 13.8 Å². The highest BCUT2D eigenvalue weighted by molar-refractivity contribution is 6.08. The highest BCUT2D eigenvalue weighted by atomic mass is 16.6. The van der Waals surface area contributed by atoms with Crippen molar-refractivity contribution < 1.29 is 33.6 Å². The second kappa shape index (κ2) is 5.40. The Labute approximate surface area is 173 Å². The molecule has 3 heterocycles. The molecule has 7 nitrogen and oxygen atoms in total.